The van der Waals surface area contributed by atoms with Crippen LogP contribution in [0.15, 0.2) is 11.1 Å². The van der Waals surface area contributed by atoms with E-state index in [9.17, 15) is 4.79 Å². The molecule has 0 saturated heterocycles. The molecule has 0 amide bonds. The fourth-order valence-corrected chi connectivity index (χ4v) is 0.703. The van der Waals surface area contributed by atoms with E-state index in [1.54, 1.807) is 6.42 Å². The molecule has 0 N–H and O–H groups in total. The Morgan fingerprint density at radius 2 is 1.53 bits per heavy atom. The zero-order chi connectivity index (χ0) is 15.6. The minimum atomic E-state index is -0.260. The summed E-state index contributed by atoms with van der Waals surface area (Å²) in [5, 5.41) is 0. The number of esters is 1. The van der Waals surface area contributed by atoms with Gasteiger partial charge in [-0.1, -0.05) is 6.92 Å². The van der Waals surface area contributed by atoms with Crippen molar-refractivity contribution in [1.82, 2.24) is 0 Å². The average molecular weight is 308 g/mol. The molecule has 0 bridgehead atoms. The van der Waals surface area contributed by atoms with E-state index in [0.29, 0.717) is 0 Å². The Kier molecular flexibility index (Phi) is 48.4. The van der Waals surface area contributed by atoms with E-state index < -0.39 is 0 Å². The van der Waals surface area contributed by atoms with Crippen molar-refractivity contribution in [3.8, 4) is 0 Å². The van der Waals surface area contributed by atoms with Crippen LogP contribution in [0.3, 0.4) is 0 Å². The standard InChI is InChI=1S/C10H16O2.3CO.Fe/c1-8(2)9(3)6-5-7-10(11)12-4;3*1-2;/h7H,1,5-6H2,2-4H3;;;;/q-2;;;;+2/b9-8+;;;;. The van der Waals surface area contributed by atoms with Gasteiger partial charge in [0.2, 0.25) is 0 Å². The van der Waals surface area contributed by atoms with Crippen LogP contribution < -0.4 is 0 Å². The fraction of sp³-hybridized carbons (Fsp3) is 0.385. The molecule has 0 unspecified atom stereocenters. The molecule has 5 nitrogen and oxygen atoms in total. The first-order valence-electron chi connectivity index (χ1n) is 4.58. The topological polar surface area (TPSA) is 86.0 Å². The van der Waals surface area contributed by atoms with Crippen molar-refractivity contribution < 1.29 is 40.6 Å². The molecule has 0 heterocycles. The van der Waals surface area contributed by atoms with Gasteiger partial charge in [-0.15, -0.1) is 13.3 Å². The second kappa shape index (κ2) is 30.1. The van der Waals surface area contributed by atoms with Gasteiger partial charge >= 0.3 is 51.0 Å². The predicted molar refractivity (Wildman–Crippen MR) is 61.1 cm³/mol. The van der Waals surface area contributed by atoms with Gasteiger partial charge in [-0.05, 0) is 0 Å². The third-order valence-electron chi connectivity index (χ3n) is 1.76. The van der Waals surface area contributed by atoms with Gasteiger partial charge in [-0.3, -0.25) is 11.2 Å². The van der Waals surface area contributed by atoms with Gasteiger partial charge in [0, 0.05) is 0 Å². The minimum absolute atomic E-state index is 0. The van der Waals surface area contributed by atoms with Crippen LogP contribution in [0.4, 0.5) is 0 Å². The van der Waals surface area contributed by atoms with Crippen LogP contribution in [0.1, 0.15) is 26.7 Å². The van der Waals surface area contributed by atoms with Crippen molar-refractivity contribution >= 4 is 5.97 Å². The van der Waals surface area contributed by atoms with Gasteiger partial charge in [0.1, 0.15) is 0 Å². The van der Waals surface area contributed by atoms with Gasteiger partial charge in [-0.2, -0.15) is 6.42 Å². The molecule has 0 aromatic heterocycles. The Bertz CT molecular complexity index is 271. The van der Waals surface area contributed by atoms with E-state index in [-0.39, 0.29) is 23.0 Å². The molecule has 0 fully saturated rings. The summed E-state index contributed by atoms with van der Waals surface area (Å²) in [5.41, 5.74) is 2.31. The Balaban J connectivity index is -0.0000000816. The number of ether oxygens (including phenoxy) is 1. The Morgan fingerprint density at radius 3 is 1.79 bits per heavy atom. The van der Waals surface area contributed by atoms with E-state index in [0.717, 1.165) is 18.4 Å². The third kappa shape index (κ3) is 31.5. The first kappa shape index (κ1) is 30.6. The molecule has 0 rings (SSSR count). The van der Waals surface area contributed by atoms with E-state index in [1.165, 1.54) is 12.7 Å². The maximum atomic E-state index is 10.7. The summed E-state index contributed by atoms with van der Waals surface area (Å²) >= 11 is 0. The molecule has 0 aliphatic heterocycles. The van der Waals surface area contributed by atoms with Crippen molar-refractivity contribution in [3.63, 3.8) is 0 Å². The molecule has 0 aliphatic rings. The van der Waals surface area contributed by atoms with Gasteiger partial charge in [0.15, 0.2) is 5.97 Å². The summed E-state index contributed by atoms with van der Waals surface area (Å²) < 4.78 is 27.0. The molecule has 0 saturated carbocycles. The molecule has 0 aromatic carbocycles. The van der Waals surface area contributed by atoms with Gasteiger partial charge in [0.25, 0.3) is 0 Å². The molecular formula is C13H16FeO5. The summed E-state index contributed by atoms with van der Waals surface area (Å²) in [7, 11) is 1.38. The average Bonchev–Trinajstić information content (AvgIpc) is 2.44. The zero-order valence-electron chi connectivity index (χ0n) is 11.1. The van der Waals surface area contributed by atoms with Crippen LogP contribution >= 0.6 is 0 Å². The largest absolute Gasteiger partial charge is 2.00 e. The Morgan fingerprint density at radius 1 is 1.16 bits per heavy atom. The van der Waals surface area contributed by atoms with Crippen LogP contribution in [-0.2, 0) is 40.6 Å². The van der Waals surface area contributed by atoms with Crippen molar-refractivity contribution in [2.24, 2.45) is 0 Å². The number of methoxy groups -OCH3 is 1. The maximum absolute atomic E-state index is 10.7. The van der Waals surface area contributed by atoms with Crippen molar-refractivity contribution in [2.45, 2.75) is 26.7 Å². The predicted octanol–water partition coefficient (Wildman–Crippen LogP) is 2.20. The molecule has 0 aromatic rings. The number of carbonyl (C=O) groups is 1. The SMILES string of the molecule is [C-]#[O+].[C-]#[O+].[C-]#[O+].[CH2-]/C(C)=C(/C)CC[CH-]C(=O)OC.[Fe+2]. The third-order valence-corrected chi connectivity index (χ3v) is 1.76. The van der Waals surface area contributed by atoms with E-state index >= 15 is 0 Å². The quantitative estimate of drug-likeness (QED) is 0.345. The Hall–Kier alpha value is -1.31. The Labute approximate surface area is 125 Å². The summed E-state index contributed by atoms with van der Waals surface area (Å²) in [6, 6.07) is 0. The summed E-state index contributed by atoms with van der Waals surface area (Å²) in [5.74, 6) is -0.260. The molecule has 0 aliphatic carbocycles. The smallest absolute Gasteiger partial charge is 0.491 e. The molecular weight excluding hydrogens is 292 g/mol. The summed E-state index contributed by atoms with van der Waals surface area (Å²) in [6.07, 6.45) is 3.16. The second-order valence-corrected chi connectivity index (χ2v) is 2.83. The van der Waals surface area contributed by atoms with Gasteiger partial charge in [0.05, 0.1) is 7.11 Å². The van der Waals surface area contributed by atoms with Crippen molar-refractivity contribution in [1.29, 1.82) is 0 Å². The summed E-state index contributed by atoms with van der Waals surface area (Å²) in [6.45, 7) is 21.3. The number of allylic oxidation sites excluding steroid dienone is 2. The van der Waals surface area contributed by atoms with Gasteiger partial charge < -0.3 is 4.74 Å². The normalized spacial score (nSPS) is 7.84. The van der Waals surface area contributed by atoms with Crippen LogP contribution in [0, 0.1) is 33.3 Å². The monoisotopic (exact) mass is 308 g/mol. The van der Waals surface area contributed by atoms with Crippen LogP contribution in [0.5, 0.6) is 0 Å². The number of hydrogen-bond acceptors (Lipinski definition) is 2. The molecule has 19 heavy (non-hydrogen) atoms. The zero-order valence-corrected chi connectivity index (χ0v) is 12.2. The van der Waals surface area contributed by atoms with Gasteiger partial charge in [-0.25, -0.2) is 18.1 Å². The van der Waals surface area contributed by atoms with Crippen molar-refractivity contribution in [2.75, 3.05) is 7.11 Å². The van der Waals surface area contributed by atoms with Crippen LogP contribution in [0.25, 0.3) is 0 Å². The molecule has 0 atom stereocenters. The fourth-order valence-electron chi connectivity index (χ4n) is 0.703. The van der Waals surface area contributed by atoms with E-state index in [4.69, 9.17) is 14.0 Å². The molecule has 0 spiro atoms. The van der Waals surface area contributed by atoms with E-state index in [2.05, 4.69) is 31.6 Å². The molecule has 0 radical (unpaired) electrons. The van der Waals surface area contributed by atoms with E-state index in [1.807, 2.05) is 13.8 Å². The molecule has 6 heteroatoms. The number of carbonyl (C=O) groups excluding carboxylic acids is 1. The second-order valence-electron chi connectivity index (χ2n) is 2.83. The maximum Gasteiger partial charge on any atom is 2.00 e. The first-order chi connectivity index (χ1) is 8.57. The minimum Gasteiger partial charge on any atom is -0.491 e. The number of hydrogen-bond donors (Lipinski definition) is 0. The molecule has 106 valence electrons. The first-order valence-corrected chi connectivity index (χ1v) is 4.58. The van der Waals surface area contributed by atoms with Crippen molar-refractivity contribution in [3.05, 3.63) is 44.4 Å². The van der Waals surface area contributed by atoms with Crippen LogP contribution in [0.2, 0.25) is 0 Å². The summed E-state index contributed by atoms with van der Waals surface area (Å²) in [4.78, 5) is 10.7. The van der Waals surface area contributed by atoms with Crippen LogP contribution in [-0.4, -0.2) is 13.1 Å². The number of rotatable bonds is 4.